The molecule has 0 bridgehead atoms. The van der Waals surface area contributed by atoms with Crippen LogP contribution in [0.5, 0.6) is 5.75 Å². The molecule has 2 heterocycles. The van der Waals surface area contributed by atoms with Crippen molar-refractivity contribution >= 4 is 11.8 Å². The zero-order valence-electron chi connectivity index (χ0n) is 16.3. The number of carbonyl (C=O) groups is 2. The minimum absolute atomic E-state index is 0.0606. The maximum atomic E-state index is 13.3. The molecule has 2 saturated heterocycles. The average molecular weight is 396 g/mol. The summed E-state index contributed by atoms with van der Waals surface area (Å²) in [6.45, 7) is 1.80. The van der Waals surface area contributed by atoms with Gasteiger partial charge in [0.05, 0.1) is 0 Å². The van der Waals surface area contributed by atoms with Crippen LogP contribution in [0.3, 0.4) is 0 Å². The fourth-order valence-corrected chi connectivity index (χ4v) is 3.99. The van der Waals surface area contributed by atoms with Gasteiger partial charge in [0.15, 0.2) is 6.04 Å². The molecular formula is C23H25FN2O3. The first kappa shape index (κ1) is 19.4. The van der Waals surface area contributed by atoms with Gasteiger partial charge in [0.2, 0.25) is 12.0 Å². The van der Waals surface area contributed by atoms with Gasteiger partial charge in [-0.25, -0.2) is 4.39 Å². The second kappa shape index (κ2) is 8.64. The van der Waals surface area contributed by atoms with Crippen molar-refractivity contribution in [3.8, 4) is 5.75 Å². The lowest BCUT2D eigenvalue weighted by atomic mass is 9.94. The smallest absolute Gasteiger partial charge is 0.267 e. The molecule has 0 saturated carbocycles. The Labute approximate surface area is 170 Å². The Bertz CT molecular complexity index is 848. The first-order chi connectivity index (χ1) is 14.1. The lowest BCUT2D eigenvalue weighted by molar-refractivity contribution is -0.174. The molecule has 29 heavy (non-hydrogen) atoms. The minimum atomic E-state index is -0.875. The lowest BCUT2D eigenvalue weighted by Crippen LogP contribution is -2.71. The van der Waals surface area contributed by atoms with E-state index in [0.29, 0.717) is 25.4 Å². The number of nitrogens with zero attached hydrogens (tertiary/aromatic N) is 2. The van der Waals surface area contributed by atoms with Crippen LogP contribution in [0.15, 0.2) is 54.6 Å². The number of ether oxygens (including phenoxy) is 1. The van der Waals surface area contributed by atoms with Crippen LogP contribution in [0, 0.1) is 5.82 Å². The molecule has 152 valence electrons. The maximum Gasteiger partial charge on any atom is 0.267 e. The van der Waals surface area contributed by atoms with E-state index in [0.717, 1.165) is 31.2 Å². The SMILES string of the molecule is O=C([C@@H]1[C@H](Oc2ccc(F)cc2)C(=O)N1Cc1ccccc1)N1CCCCCC1. The van der Waals surface area contributed by atoms with Gasteiger partial charge in [-0.2, -0.15) is 0 Å². The number of β-lactam (4-membered cyclic amide) rings is 1. The molecule has 2 aromatic rings. The predicted molar refractivity (Wildman–Crippen MR) is 107 cm³/mol. The molecule has 5 nitrogen and oxygen atoms in total. The van der Waals surface area contributed by atoms with Crippen molar-refractivity contribution in [1.82, 2.24) is 9.80 Å². The Morgan fingerprint density at radius 3 is 2.28 bits per heavy atom. The Morgan fingerprint density at radius 2 is 1.62 bits per heavy atom. The topological polar surface area (TPSA) is 49.9 Å². The summed E-state index contributed by atoms with van der Waals surface area (Å²) in [5.41, 5.74) is 0.967. The van der Waals surface area contributed by atoms with E-state index in [2.05, 4.69) is 0 Å². The van der Waals surface area contributed by atoms with Crippen molar-refractivity contribution in [2.24, 2.45) is 0 Å². The highest BCUT2D eigenvalue weighted by atomic mass is 19.1. The third-order valence-corrected chi connectivity index (χ3v) is 5.59. The van der Waals surface area contributed by atoms with Crippen LogP contribution < -0.4 is 4.74 Å². The van der Waals surface area contributed by atoms with Crippen LogP contribution >= 0.6 is 0 Å². The first-order valence-electron chi connectivity index (χ1n) is 10.2. The van der Waals surface area contributed by atoms with Gasteiger partial charge >= 0.3 is 0 Å². The summed E-state index contributed by atoms with van der Waals surface area (Å²) in [7, 11) is 0. The number of hydrogen-bond donors (Lipinski definition) is 0. The number of carbonyl (C=O) groups excluding carboxylic acids is 2. The number of benzene rings is 2. The summed E-state index contributed by atoms with van der Waals surface area (Å²) in [5, 5.41) is 0. The first-order valence-corrected chi connectivity index (χ1v) is 10.2. The summed E-state index contributed by atoms with van der Waals surface area (Å²) in [6.07, 6.45) is 3.33. The molecule has 6 heteroatoms. The van der Waals surface area contributed by atoms with Gasteiger partial charge in [-0.3, -0.25) is 9.59 Å². The van der Waals surface area contributed by atoms with Crippen molar-refractivity contribution < 1.29 is 18.7 Å². The highest BCUT2D eigenvalue weighted by Crippen LogP contribution is 2.30. The summed E-state index contributed by atoms with van der Waals surface area (Å²) in [6, 6.07) is 14.5. The molecule has 2 aliphatic rings. The molecule has 0 spiro atoms. The fraction of sp³-hybridized carbons (Fsp3) is 0.391. The molecule has 2 aromatic carbocycles. The molecule has 0 aromatic heterocycles. The Morgan fingerprint density at radius 1 is 0.966 bits per heavy atom. The van der Waals surface area contributed by atoms with Crippen molar-refractivity contribution in [1.29, 1.82) is 0 Å². The summed E-state index contributed by atoms with van der Waals surface area (Å²) >= 11 is 0. The van der Waals surface area contributed by atoms with Crippen LogP contribution in [0.25, 0.3) is 0 Å². The quantitative estimate of drug-likeness (QED) is 0.728. The van der Waals surface area contributed by atoms with Crippen LogP contribution in [0.2, 0.25) is 0 Å². The second-order valence-electron chi connectivity index (χ2n) is 7.63. The largest absolute Gasteiger partial charge is 0.478 e. The molecule has 2 fully saturated rings. The Hall–Kier alpha value is -2.89. The average Bonchev–Trinajstić information content (AvgIpc) is 3.04. The number of halogens is 1. The van der Waals surface area contributed by atoms with Crippen molar-refractivity contribution in [2.75, 3.05) is 13.1 Å². The molecule has 2 amide bonds. The van der Waals surface area contributed by atoms with E-state index >= 15 is 0 Å². The third-order valence-electron chi connectivity index (χ3n) is 5.59. The fourth-order valence-electron chi connectivity index (χ4n) is 3.99. The van der Waals surface area contributed by atoms with Crippen LogP contribution in [0.1, 0.15) is 31.2 Å². The summed E-state index contributed by atoms with van der Waals surface area (Å²) in [5.74, 6) is -0.265. The van der Waals surface area contributed by atoms with Gasteiger partial charge in [-0.15, -0.1) is 0 Å². The molecule has 0 unspecified atom stereocenters. The molecule has 0 N–H and O–H groups in total. The number of rotatable bonds is 5. The van der Waals surface area contributed by atoms with Gasteiger partial charge in [0.25, 0.3) is 5.91 Å². The molecule has 0 radical (unpaired) electrons. The van der Waals surface area contributed by atoms with Gasteiger partial charge in [-0.1, -0.05) is 43.2 Å². The third kappa shape index (κ3) is 4.26. The molecule has 2 atom stereocenters. The molecule has 4 rings (SSSR count). The van der Waals surface area contributed by atoms with Crippen LogP contribution in [-0.2, 0) is 16.1 Å². The van der Waals surface area contributed by atoms with E-state index < -0.39 is 12.1 Å². The number of amides is 2. The van der Waals surface area contributed by atoms with Crippen LogP contribution in [0.4, 0.5) is 4.39 Å². The Balaban J connectivity index is 1.55. The number of hydrogen-bond acceptors (Lipinski definition) is 3. The number of likely N-dealkylation sites (tertiary alicyclic amines) is 2. The van der Waals surface area contributed by atoms with E-state index in [9.17, 15) is 14.0 Å². The predicted octanol–water partition coefficient (Wildman–Crippen LogP) is 3.39. The van der Waals surface area contributed by atoms with Crippen molar-refractivity contribution in [3.05, 3.63) is 66.0 Å². The zero-order chi connectivity index (χ0) is 20.2. The molecule has 0 aliphatic carbocycles. The van der Waals surface area contributed by atoms with Crippen molar-refractivity contribution in [2.45, 2.75) is 44.4 Å². The summed E-state index contributed by atoms with van der Waals surface area (Å²) in [4.78, 5) is 29.6. The van der Waals surface area contributed by atoms with E-state index in [4.69, 9.17) is 4.74 Å². The second-order valence-corrected chi connectivity index (χ2v) is 7.63. The molecular weight excluding hydrogens is 371 g/mol. The van der Waals surface area contributed by atoms with Crippen molar-refractivity contribution in [3.63, 3.8) is 0 Å². The van der Waals surface area contributed by atoms with Gasteiger partial charge in [0.1, 0.15) is 11.6 Å². The Kier molecular flexibility index (Phi) is 5.79. The normalized spacial score (nSPS) is 22.0. The van der Waals surface area contributed by atoms with Gasteiger partial charge in [-0.05, 0) is 42.7 Å². The van der Waals surface area contributed by atoms with Gasteiger partial charge in [0, 0.05) is 19.6 Å². The van der Waals surface area contributed by atoms with Gasteiger partial charge < -0.3 is 14.5 Å². The standard InChI is InChI=1S/C23H25FN2O3/c24-18-10-12-19(13-11-18)29-21-20(22(27)25-14-6-1-2-7-15-25)26(23(21)28)16-17-8-4-3-5-9-17/h3-5,8-13,20-21H,1-2,6-7,14-16H2/t20-,21-/m0/s1. The minimum Gasteiger partial charge on any atom is -0.478 e. The van der Waals surface area contributed by atoms with E-state index in [1.54, 1.807) is 4.90 Å². The van der Waals surface area contributed by atoms with E-state index in [1.165, 1.54) is 24.3 Å². The van der Waals surface area contributed by atoms with E-state index in [-0.39, 0.29) is 17.6 Å². The summed E-state index contributed by atoms with van der Waals surface area (Å²) < 4.78 is 19.0. The van der Waals surface area contributed by atoms with Crippen LogP contribution in [-0.4, -0.2) is 46.8 Å². The monoisotopic (exact) mass is 396 g/mol. The highest BCUT2D eigenvalue weighted by Gasteiger charge is 2.54. The molecule has 2 aliphatic heterocycles. The maximum absolute atomic E-state index is 13.3. The highest BCUT2D eigenvalue weighted by molar-refractivity contribution is 6.01. The zero-order valence-corrected chi connectivity index (χ0v) is 16.3. The van der Waals surface area contributed by atoms with E-state index in [1.807, 2.05) is 35.2 Å². The lowest BCUT2D eigenvalue weighted by Gasteiger charge is -2.46.